The molecule has 14 heteroatoms. The molecule has 0 aromatic carbocycles. The van der Waals surface area contributed by atoms with E-state index in [9.17, 15) is 34.5 Å². The van der Waals surface area contributed by atoms with Crippen LogP contribution in [-0.4, -0.2) is 107 Å². The van der Waals surface area contributed by atoms with Crippen molar-refractivity contribution in [1.29, 1.82) is 0 Å². The molecule has 4 aliphatic heterocycles. The highest BCUT2D eigenvalue weighted by molar-refractivity contribution is 5.84. The summed E-state index contributed by atoms with van der Waals surface area (Å²) in [6.07, 6.45) is 9.50. The number of aliphatic hydroxyl groups excluding tert-OH is 1. The molecule has 0 spiro atoms. The maximum atomic E-state index is 13.4. The summed E-state index contributed by atoms with van der Waals surface area (Å²) < 4.78 is 42.2. The van der Waals surface area contributed by atoms with Gasteiger partial charge in [0, 0.05) is 50.2 Å². The van der Waals surface area contributed by atoms with E-state index in [-0.39, 0.29) is 31.3 Å². The van der Waals surface area contributed by atoms with E-state index in [1.807, 2.05) is 26.0 Å². The molecule has 3 saturated heterocycles. The molecule has 0 radical (unpaired) electrons. The Balaban J connectivity index is 1.82. The molecule has 6 bridgehead atoms. The van der Waals surface area contributed by atoms with Crippen LogP contribution in [0.5, 0.6) is 0 Å². The molecule has 0 saturated carbocycles. The first kappa shape index (κ1) is 49.0. The van der Waals surface area contributed by atoms with Gasteiger partial charge in [0.05, 0.1) is 43.0 Å². The van der Waals surface area contributed by atoms with Crippen LogP contribution in [0.1, 0.15) is 126 Å². The Morgan fingerprint density at radius 1 is 0.983 bits per heavy atom. The minimum atomic E-state index is -2.34. The first-order valence-corrected chi connectivity index (χ1v) is 21.3. The average molecular weight is 845 g/mol. The Labute approximate surface area is 355 Å². The predicted molar refractivity (Wildman–Crippen MR) is 221 cm³/mol. The van der Waals surface area contributed by atoms with Gasteiger partial charge in [0.1, 0.15) is 12.2 Å². The number of esters is 4. The Bertz CT molecular complexity index is 1670. The van der Waals surface area contributed by atoms with Crippen molar-refractivity contribution < 1.29 is 67.7 Å². The van der Waals surface area contributed by atoms with Crippen molar-refractivity contribution in [3.8, 4) is 0 Å². The summed E-state index contributed by atoms with van der Waals surface area (Å²) in [5.74, 6) is -6.78. The molecular weight excluding hydrogens is 776 g/mol. The highest BCUT2D eigenvalue weighted by Gasteiger charge is 2.59. The third-order valence-corrected chi connectivity index (χ3v) is 12.2. The first-order chi connectivity index (χ1) is 28.2. The molecule has 4 rings (SSSR count). The Kier molecular flexibility index (Phi) is 17.1. The van der Waals surface area contributed by atoms with Crippen LogP contribution in [0.2, 0.25) is 0 Å². The van der Waals surface area contributed by atoms with Gasteiger partial charge in [0.25, 0.3) is 0 Å². The van der Waals surface area contributed by atoms with E-state index in [4.69, 9.17) is 33.2 Å². The van der Waals surface area contributed by atoms with Crippen LogP contribution in [0.3, 0.4) is 0 Å². The lowest BCUT2D eigenvalue weighted by Gasteiger charge is -2.53. The zero-order chi connectivity index (χ0) is 44.5. The normalized spacial score (nSPS) is 36.3. The minimum Gasteiger partial charge on any atom is -0.466 e. The van der Waals surface area contributed by atoms with E-state index in [1.54, 1.807) is 45.9 Å². The van der Waals surface area contributed by atoms with Crippen LogP contribution in [0.15, 0.2) is 59.8 Å². The van der Waals surface area contributed by atoms with Gasteiger partial charge >= 0.3 is 23.9 Å². The maximum Gasteiger partial charge on any atom is 0.331 e. The second kappa shape index (κ2) is 20.9. The lowest BCUT2D eigenvalue weighted by molar-refractivity contribution is -0.347. The van der Waals surface area contributed by atoms with Crippen molar-refractivity contribution in [1.82, 2.24) is 0 Å². The Morgan fingerprint density at radius 2 is 1.72 bits per heavy atom. The average Bonchev–Trinajstić information content (AvgIpc) is 3.16. The summed E-state index contributed by atoms with van der Waals surface area (Å²) in [5.41, 5.74) is -1.17. The molecular formula is C46H68O14. The number of unbranched alkanes of at least 4 members (excludes halogenated alkanes) is 1. The first-order valence-electron chi connectivity index (χ1n) is 21.3. The molecule has 0 amide bonds. The summed E-state index contributed by atoms with van der Waals surface area (Å²) in [6, 6.07) is 0. The number of rotatable bonds is 8. The van der Waals surface area contributed by atoms with Gasteiger partial charge in [-0.05, 0) is 57.9 Å². The molecule has 3 N–H and O–H groups in total. The van der Waals surface area contributed by atoms with Crippen molar-refractivity contribution in [2.45, 2.75) is 186 Å². The number of fused-ring (bicyclic) bond motifs is 6. The molecule has 0 aliphatic carbocycles. The van der Waals surface area contributed by atoms with Crippen LogP contribution in [0.4, 0.5) is 0 Å². The van der Waals surface area contributed by atoms with Gasteiger partial charge in [0.15, 0.2) is 11.9 Å². The predicted octanol–water partition coefficient (Wildman–Crippen LogP) is 6.16. The molecule has 336 valence electrons. The summed E-state index contributed by atoms with van der Waals surface area (Å²) >= 11 is 0. The van der Waals surface area contributed by atoms with Gasteiger partial charge in [-0.1, -0.05) is 83.1 Å². The summed E-state index contributed by atoms with van der Waals surface area (Å²) in [7, 11) is 1.21. The van der Waals surface area contributed by atoms with Crippen LogP contribution < -0.4 is 0 Å². The van der Waals surface area contributed by atoms with Gasteiger partial charge in [-0.2, -0.15) is 0 Å². The number of hydrogen-bond donors (Lipinski definition) is 3. The van der Waals surface area contributed by atoms with Crippen LogP contribution in [0, 0.1) is 10.8 Å². The van der Waals surface area contributed by atoms with E-state index in [0.717, 1.165) is 24.5 Å². The quantitative estimate of drug-likeness (QED) is 0.0828. The van der Waals surface area contributed by atoms with Crippen molar-refractivity contribution in [2.75, 3.05) is 7.11 Å². The summed E-state index contributed by atoms with van der Waals surface area (Å²) in [5, 5.41) is 36.2. The number of allylic oxidation sites excluding steroid dienone is 4. The largest absolute Gasteiger partial charge is 0.466 e. The standard InChI is InChI=1S/C46H68O14/c1-10-12-13-14-15-18-40(50)58-42-32(25-41(51)54-9)24-35-26-37(29(3)47)57-39(49)19-16-17-34-27-38(55-30(4)48)44(7,8)45(52,59-34)28-36-23-31(11-2)22-33(56-36)20-21-43(5,6)46(42,53)60-35/h11,13-15,18,20-21,25,29,33-38,42,47,52-53H,10,12,16-17,19,22-24,26-28H2,1-9H3/b14-13+,18-15+,21-20+,31-11+,32-25+/t29-,33+,34-,35+,36+,37-,38+,42+,45+,46-/m1/s1. The van der Waals surface area contributed by atoms with E-state index in [1.165, 1.54) is 33.1 Å². The van der Waals surface area contributed by atoms with Crippen LogP contribution in [0.25, 0.3) is 0 Å². The van der Waals surface area contributed by atoms with Crippen molar-refractivity contribution in [2.24, 2.45) is 10.8 Å². The van der Waals surface area contributed by atoms with Gasteiger partial charge in [-0.15, -0.1) is 0 Å². The number of methoxy groups -OCH3 is 1. The van der Waals surface area contributed by atoms with E-state index >= 15 is 0 Å². The van der Waals surface area contributed by atoms with Crippen LogP contribution >= 0.6 is 0 Å². The highest BCUT2D eigenvalue weighted by Crippen LogP contribution is 2.50. The molecule has 0 aromatic heterocycles. The van der Waals surface area contributed by atoms with Gasteiger partial charge in [0.2, 0.25) is 5.79 Å². The third kappa shape index (κ3) is 12.3. The number of carbonyl (C=O) groups is 4. The van der Waals surface area contributed by atoms with E-state index in [2.05, 4.69) is 0 Å². The molecule has 0 unspecified atom stereocenters. The second-order valence-electron chi connectivity index (χ2n) is 17.7. The van der Waals surface area contributed by atoms with Gasteiger partial charge in [-0.25, -0.2) is 9.59 Å². The number of aliphatic hydroxyl groups is 3. The van der Waals surface area contributed by atoms with Gasteiger partial charge in [-0.3, -0.25) is 9.59 Å². The maximum absolute atomic E-state index is 13.4. The van der Waals surface area contributed by atoms with Crippen LogP contribution in [-0.2, 0) is 52.3 Å². The lowest BCUT2D eigenvalue weighted by Crippen LogP contribution is -2.62. The lowest BCUT2D eigenvalue weighted by atomic mass is 9.70. The zero-order valence-corrected chi connectivity index (χ0v) is 36.8. The van der Waals surface area contributed by atoms with E-state index in [0.29, 0.717) is 32.1 Å². The molecule has 4 aliphatic rings. The molecule has 14 nitrogen and oxygen atoms in total. The zero-order valence-electron chi connectivity index (χ0n) is 36.8. The number of cyclic esters (lactones) is 1. The fourth-order valence-electron chi connectivity index (χ4n) is 8.40. The fraction of sp³-hybridized carbons (Fsp3) is 0.696. The topological polar surface area (TPSA) is 194 Å². The number of carbonyl (C=O) groups excluding carboxylic acids is 4. The molecule has 60 heavy (non-hydrogen) atoms. The SMILES string of the molecule is C/C=C1/C[C@H]2C[C@]3(O)O[C@H](CCCC(=O)O[C@@H]([C@@H](C)O)C[C@@H]4C/C(=C\C(=O)OC)[C@H](OC(=O)/C=C/C=C/CCC)[C@@](O)(O4)C(C)(C)/C=C/[C@@H](C1)O2)C[C@H](OC(C)=O)C3(C)C. The Morgan fingerprint density at radius 3 is 2.37 bits per heavy atom. The smallest absolute Gasteiger partial charge is 0.331 e. The highest BCUT2D eigenvalue weighted by atomic mass is 16.7. The number of ether oxygens (including phenoxy) is 7. The Hall–Kier alpha value is -3.66. The number of hydrogen-bond acceptors (Lipinski definition) is 14. The summed E-state index contributed by atoms with van der Waals surface area (Å²) in [6.45, 7) is 13.7. The fourth-order valence-corrected chi connectivity index (χ4v) is 8.40. The summed E-state index contributed by atoms with van der Waals surface area (Å²) in [4.78, 5) is 51.8. The van der Waals surface area contributed by atoms with Crippen molar-refractivity contribution >= 4 is 23.9 Å². The van der Waals surface area contributed by atoms with E-state index < -0.39 is 95.1 Å². The van der Waals surface area contributed by atoms with Crippen molar-refractivity contribution in [3.05, 3.63) is 59.8 Å². The molecule has 3 fully saturated rings. The monoisotopic (exact) mass is 844 g/mol. The third-order valence-electron chi connectivity index (χ3n) is 12.2. The molecule has 4 heterocycles. The molecule has 10 atom stereocenters. The molecule has 0 aromatic rings. The second-order valence-corrected chi connectivity index (χ2v) is 17.7. The minimum absolute atomic E-state index is 0.0348. The van der Waals surface area contributed by atoms with Crippen molar-refractivity contribution in [3.63, 3.8) is 0 Å². The van der Waals surface area contributed by atoms with Gasteiger partial charge < -0.3 is 48.5 Å².